The number of carbonyl (C=O) groups is 1. The average Bonchev–Trinajstić information content (AvgIpc) is 2.22. The fourth-order valence-corrected chi connectivity index (χ4v) is 1.37. The Morgan fingerprint density at radius 3 is 2.80 bits per heavy atom. The molecule has 0 unspecified atom stereocenters. The van der Waals surface area contributed by atoms with E-state index in [-0.39, 0.29) is 22.9 Å². The van der Waals surface area contributed by atoms with Crippen LogP contribution in [0.4, 0.5) is 4.39 Å². The summed E-state index contributed by atoms with van der Waals surface area (Å²) < 4.78 is 18.5. The minimum atomic E-state index is -0.740. The summed E-state index contributed by atoms with van der Waals surface area (Å²) in [6.45, 7) is 0.0353. The highest BCUT2D eigenvalue weighted by molar-refractivity contribution is 6.31. The maximum absolute atomic E-state index is 13.6. The summed E-state index contributed by atoms with van der Waals surface area (Å²) in [5.74, 6) is -0.942. The van der Waals surface area contributed by atoms with Gasteiger partial charge in [-0.2, -0.15) is 0 Å². The lowest BCUT2D eigenvalue weighted by atomic mass is 10.1. The van der Waals surface area contributed by atoms with Gasteiger partial charge in [0.15, 0.2) is 11.6 Å². The molecule has 1 aromatic carbocycles. The number of halogens is 2. The first-order valence-electron chi connectivity index (χ1n) is 4.31. The fraction of sp³-hybridized carbons (Fsp3) is 0.300. The van der Waals surface area contributed by atoms with Gasteiger partial charge in [0.2, 0.25) is 0 Å². The van der Waals surface area contributed by atoms with E-state index in [2.05, 4.69) is 5.32 Å². The van der Waals surface area contributed by atoms with Crippen LogP contribution in [0.5, 0.6) is 5.75 Å². The topological polar surface area (TPSA) is 38.3 Å². The molecule has 0 heterocycles. The van der Waals surface area contributed by atoms with E-state index >= 15 is 0 Å². The Hall–Kier alpha value is -1.13. The Labute approximate surface area is 92.2 Å². The van der Waals surface area contributed by atoms with Crippen LogP contribution >= 0.6 is 11.6 Å². The largest absolute Gasteiger partial charge is 0.496 e. The molecule has 0 aliphatic carbocycles. The van der Waals surface area contributed by atoms with E-state index in [1.165, 1.54) is 19.2 Å². The second kappa shape index (κ2) is 5.09. The zero-order chi connectivity index (χ0) is 11.4. The van der Waals surface area contributed by atoms with E-state index in [0.717, 1.165) is 0 Å². The monoisotopic (exact) mass is 231 g/mol. The van der Waals surface area contributed by atoms with Crippen molar-refractivity contribution in [3.63, 3.8) is 0 Å². The van der Waals surface area contributed by atoms with Crippen molar-refractivity contribution in [3.05, 3.63) is 28.5 Å². The molecule has 0 radical (unpaired) electrons. The molecular formula is C10H11ClFNO2. The number of rotatable bonds is 4. The van der Waals surface area contributed by atoms with Crippen molar-refractivity contribution in [2.75, 3.05) is 20.7 Å². The third-order valence-corrected chi connectivity index (χ3v) is 2.18. The van der Waals surface area contributed by atoms with Gasteiger partial charge in [-0.3, -0.25) is 4.79 Å². The number of ether oxygens (including phenoxy) is 1. The summed E-state index contributed by atoms with van der Waals surface area (Å²) in [5, 5.41) is 2.56. The van der Waals surface area contributed by atoms with Gasteiger partial charge in [-0.25, -0.2) is 4.39 Å². The van der Waals surface area contributed by atoms with E-state index in [4.69, 9.17) is 16.3 Å². The van der Waals surface area contributed by atoms with Crippen molar-refractivity contribution in [2.24, 2.45) is 0 Å². The highest BCUT2D eigenvalue weighted by Crippen LogP contribution is 2.27. The second-order valence-corrected chi connectivity index (χ2v) is 3.30. The Kier molecular flexibility index (Phi) is 4.05. The van der Waals surface area contributed by atoms with Crippen molar-refractivity contribution in [1.29, 1.82) is 0 Å². The quantitative estimate of drug-likeness (QED) is 0.805. The molecule has 3 nitrogen and oxygen atoms in total. The van der Waals surface area contributed by atoms with Crippen molar-refractivity contribution < 1.29 is 13.9 Å². The number of hydrogen-bond acceptors (Lipinski definition) is 3. The molecule has 0 aliphatic heterocycles. The SMILES string of the molecule is CNCC(=O)c1c(OC)ccc(Cl)c1F. The molecule has 1 rings (SSSR count). The molecule has 0 saturated carbocycles. The lowest BCUT2D eigenvalue weighted by Crippen LogP contribution is -2.20. The number of ketones is 1. The van der Waals surface area contributed by atoms with Crippen LogP contribution in [-0.4, -0.2) is 26.5 Å². The van der Waals surface area contributed by atoms with Gasteiger partial charge in [-0.05, 0) is 19.2 Å². The molecule has 0 saturated heterocycles. The normalized spacial score (nSPS) is 10.1. The smallest absolute Gasteiger partial charge is 0.183 e. The highest BCUT2D eigenvalue weighted by Gasteiger charge is 2.19. The van der Waals surface area contributed by atoms with Gasteiger partial charge in [0.05, 0.1) is 24.2 Å². The molecule has 5 heteroatoms. The first-order valence-corrected chi connectivity index (χ1v) is 4.69. The van der Waals surface area contributed by atoms with Crippen LogP contribution < -0.4 is 10.1 Å². The van der Waals surface area contributed by atoms with Crippen LogP contribution in [0.15, 0.2) is 12.1 Å². The molecule has 0 spiro atoms. The maximum atomic E-state index is 13.6. The molecule has 0 bridgehead atoms. The summed E-state index contributed by atoms with van der Waals surface area (Å²) in [5.41, 5.74) is -0.112. The number of nitrogens with one attached hydrogen (secondary N) is 1. The van der Waals surface area contributed by atoms with Crippen molar-refractivity contribution >= 4 is 17.4 Å². The molecule has 82 valence electrons. The van der Waals surface area contributed by atoms with Gasteiger partial charge in [-0.1, -0.05) is 11.6 Å². The van der Waals surface area contributed by atoms with Crippen molar-refractivity contribution in [3.8, 4) is 5.75 Å². The van der Waals surface area contributed by atoms with Crippen LogP contribution in [0.2, 0.25) is 5.02 Å². The molecule has 0 atom stereocenters. The summed E-state index contributed by atoms with van der Waals surface area (Å²) in [4.78, 5) is 11.6. The lowest BCUT2D eigenvalue weighted by molar-refractivity contribution is 0.0986. The van der Waals surface area contributed by atoms with Crippen LogP contribution in [-0.2, 0) is 0 Å². The molecule has 1 aromatic rings. The second-order valence-electron chi connectivity index (χ2n) is 2.89. The Morgan fingerprint density at radius 1 is 1.60 bits per heavy atom. The number of hydrogen-bond donors (Lipinski definition) is 1. The summed E-state index contributed by atoms with van der Waals surface area (Å²) >= 11 is 5.58. The highest BCUT2D eigenvalue weighted by atomic mass is 35.5. The average molecular weight is 232 g/mol. The zero-order valence-corrected chi connectivity index (χ0v) is 9.19. The predicted molar refractivity (Wildman–Crippen MR) is 56.2 cm³/mol. The first-order chi connectivity index (χ1) is 7.11. The van der Waals surface area contributed by atoms with Crippen LogP contribution in [0.1, 0.15) is 10.4 Å². The van der Waals surface area contributed by atoms with Gasteiger partial charge in [0, 0.05) is 0 Å². The standard InChI is InChI=1S/C10H11ClFNO2/c1-13-5-7(14)9-8(15-2)4-3-6(11)10(9)12/h3-4,13H,5H2,1-2H3. The molecule has 0 amide bonds. The number of likely N-dealkylation sites (N-methyl/N-ethyl adjacent to an activating group) is 1. The van der Waals surface area contributed by atoms with Gasteiger partial charge in [0.25, 0.3) is 0 Å². The minimum Gasteiger partial charge on any atom is -0.496 e. The fourth-order valence-electron chi connectivity index (χ4n) is 1.21. The third kappa shape index (κ3) is 2.46. The van der Waals surface area contributed by atoms with Gasteiger partial charge >= 0.3 is 0 Å². The molecule has 0 aromatic heterocycles. The van der Waals surface area contributed by atoms with E-state index in [1.54, 1.807) is 7.05 Å². The summed E-state index contributed by atoms with van der Waals surface area (Å²) in [7, 11) is 2.98. The molecule has 15 heavy (non-hydrogen) atoms. The van der Waals surface area contributed by atoms with Crippen LogP contribution in [0.3, 0.4) is 0 Å². The van der Waals surface area contributed by atoms with Crippen LogP contribution in [0, 0.1) is 5.82 Å². The Morgan fingerprint density at radius 2 is 2.27 bits per heavy atom. The summed E-state index contributed by atoms with van der Waals surface area (Å²) in [6.07, 6.45) is 0. The Bertz CT molecular complexity index is 382. The molecular weight excluding hydrogens is 221 g/mol. The maximum Gasteiger partial charge on any atom is 0.183 e. The number of benzene rings is 1. The molecule has 1 N–H and O–H groups in total. The number of carbonyl (C=O) groups excluding carboxylic acids is 1. The van der Waals surface area contributed by atoms with Gasteiger partial charge < -0.3 is 10.1 Å². The van der Waals surface area contributed by atoms with E-state index in [0.29, 0.717) is 0 Å². The molecule has 0 aliphatic rings. The number of Topliss-reactive ketones (excluding diaryl/α,β-unsaturated/α-hetero) is 1. The van der Waals surface area contributed by atoms with E-state index in [1.807, 2.05) is 0 Å². The Balaban J connectivity index is 3.23. The van der Waals surface area contributed by atoms with Crippen molar-refractivity contribution in [2.45, 2.75) is 0 Å². The van der Waals surface area contributed by atoms with Gasteiger partial charge in [-0.15, -0.1) is 0 Å². The predicted octanol–water partition coefficient (Wildman–Crippen LogP) is 1.89. The minimum absolute atomic E-state index is 0.0353. The zero-order valence-electron chi connectivity index (χ0n) is 8.43. The van der Waals surface area contributed by atoms with E-state index < -0.39 is 11.6 Å². The summed E-state index contributed by atoms with van der Waals surface area (Å²) in [6, 6.07) is 2.82. The number of methoxy groups -OCH3 is 1. The van der Waals surface area contributed by atoms with Crippen LogP contribution in [0.25, 0.3) is 0 Å². The molecule has 0 fully saturated rings. The van der Waals surface area contributed by atoms with Crippen molar-refractivity contribution in [1.82, 2.24) is 5.32 Å². The lowest BCUT2D eigenvalue weighted by Gasteiger charge is -2.09. The van der Waals surface area contributed by atoms with Gasteiger partial charge in [0.1, 0.15) is 5.75 Å². The third-order valence-electron chi connectivity index (χ3n) is 1.89. The first kappa shape index (κ1) is 11.9. The van der Waals surface area contributed by atoms with E-state index in [9.17, 15) is 9.18 Å².